The van der Waals surface area contributed by atoms with Crippen LogP contribution >= 0.6 is 0 Å². The zero-order valence-corrected chi connectivity index (χ0v) is 10.4. The van der Waals surface area contributed by atoms with Gasteiger partial charge in [0.2, 0.25) is 0 Å². The van der Waals surface area contributed by atoms with Crippen LogP contribution in [0.25, 0.3) is 0 Å². The zero-order chi connectivity index (χ0) is 11.4. The lowest BCUT2D eigenvalue weighted by molar-refractivity contribution is 0.597. The molecule has 1 heteroatoms. The maximum Gasteiger partial charge on any atom is 0.0172 e. The van der Waals surface area contributed by atoms with Gasteiger partial charge in [-0.05, 0) is 42.9 Å². The van der Waals surface area contributed by atoms with Gasteiger partial charge in [-0.25, -0.2) is 0 Å². The van der Waals surface area contributed by atoms with Crippen molar-refractivity contribution in [3.8, 4) is 0 Å². The highest BCUT2D eigenvalue weighted by atomic mass is 14.8. The lowest BCUT2D eigenvalue weighted by Gasteiger charge is -2.12. The fourth-order valence-electron chi connectivity index (χ4n) is 2.91. The molecular weight excluding hydrogens is 182 g/mol. The molecule has 0 aliphatic heterocycles. The maximum atomic E-state index is 6.15. The molecule has 0 spiro atoms. The van der Waals surface area contributed by atoms with Crippen molar-refractivity contribution < 1.29 is 0 Å². The second-order valence-electron chi connectivity index (χ2n) is 5.64. The summed E-state index contributed by atoms with van der Waals surface area (Å²) in [6.45, 7) is 11.1. The SMILES string of the molecule is Cc1cc(C)c([C@H]2[C@H](N)C2(C)C)c(C)c1. The Bertz CT molecular complexity index is 381. The number of aryl methyl sites for hydroxylation is 3. The smallest absolute Gasteiger partial charge is 0.0172 e. The minimum Gasteiger partial charge on any atom is -0.327 e. The van der Waals surface area contributed by atoms with E-state index in [4.69, 9.17) is 5.73 Å². The fourth-order valence-corrected chi connectivity index (χ4v) is 2.91. The first-order valence-electron chi connectivity index (χ1n) is 5.69. The van der Waals surface area contributed by atoms with Crippen LogP contribution in [0.3, 0.4) is 0 Å². The van der Waals surface area contributed by atoms with Gasteiger partial charge in [0, 0.05) is 12.0 Å². The zero-order valence-electron chi connectivity index (χ0n) is 10.4. The molecule has 1 fully saturated rings. The molecule has 2 rings (SSSR count). The van der Waals surface area contributed by atoms with Crippen molar-refractivity contribution in [2.24, 2.45) is 11.1 Å². The van der Waals surface area contributed by atoms with Gasteiger partial charge in [-0.2, -0.15) is 0 Å². The fraction of sp³-hybridized carbons (Fsp3) is 0.571. The number of benzene rings is 1. The van der Waals surface area contributed by atoms with E-state index in [0.717, 1.165) is 0 Å². The average molecular weight is 203 g/mol. The Kier molecular flexibility index (Phi) is 2.20. The third kappa shape index (κ3) is 1.50. The first-order chi connectivity index (χ1) is 6.85. The molecule has 0 aromatic heterocycles. The Balaban J connectivity index is 2.47. The van der Waals surface area contributed by atoms with E-state index in [0.29, 0.717) is 12.0 Å². The lowest BCUT2D eigenvalue weighted by atomic mass is 9.93. The van der Waals surface area contributed by atoms with Crippen molar-refractivity contribution in [1.82, 2.24) is 0 Å². The summed E-state index contributed by atoms with van der Waals surface area (Å²) in [5, 5.41) is 0. The largest absolute Gasteiger partial charge is 0.327 e. The summed E-state index contributed by atoms with van der Waals surface area (Å²) in [5.74, 6) is 0.554. The highest BCUT2D eigenvalue weighted by Crippen LogP contribution is 2.58. The van der Waals surface area contributed by atoms with Crippen molar-refractivity contribution in [1.29, 1.82) is 0 Å². The molecule has 1 aromatic rings. The van der Waals surface area contributed by atoms with Crippen LogP contribution in [0.1, 0.15) is 42.0 Å². The van der Waals surface area contributed by atoms with E-state index in [9.17, 15) is 0 Å². The first-order valence-corrected chi connectivity index (χ1v) is 5.69. The van der Waals surface area contributed by atoms with E-state index >= 15 is 0 Å². The predicted octanol–water partition coefficient (Wildman–Crippen LogP) is 3.06. The van der Waals surface area contributed by atoms with Crippen LogP contribution in [0.2, 0.25) is 0 Å². The van der Waals surface area contributed by atoms with E-state index in [-0.39, 0.29) is 5.41 Å². The third-order valence-electron chi connectivity index (χ3n) is 3.96. The molecule has 0 radical (unpaired) electrons. The van der Waals surface area contributed by atoms with Gasteiger partial charge in [-0.15, -0.1) is 0 Å². The Labute approximate surface area is 92.7 Å². The van der Waals surface area contributed by atoms with E-state index in [2.05, 4.69) is 46.8 Å². The van der Waals surface area contributed by atoms with Crippen LogP contribution in [0.15, 0.2) is 12.1 Å². The molecule has 0 unspecified atom stereocenters. The van der Waals surface area contributed by atoms with E-state index in [1.165, 1.54) is 22.3 Å². The number of hydrogen-bond acceptors (Lipinski definition) is 1. The summed E-state index contributed by atoms with van der Waals surface area (Å²) in [6.07, 6.45) is 0. The molecule has 1 saturated carbocycles. The summed E-state index contributed by atoms with van der Waals surface area (Å²) in [4.78, 5) is 0. The van der Waals surface area contributed by atoms with Gasteiger partial charge >= 0.3 is 0 Å². The highest BCUT2D eigenvalue weighted by molar-refractivity contribution is 5.46. The average Bonchev–Trinajstić information content (AvgIpc) is 2.53. The van der Waals surface area contributed by atoms with Gasteiger partial charge in [0.05, 0.1) is 0 Å². The molecule has 1 aromatic carbocycles. The van der Waals surface area contributed by atoms with Crippen molar-refractivity contribution in [3.05, 3.63) is 34.4 Å². The van der Waals surface area contributed by atoms with Crippen molar-refractivity contribution >= 4 is 0 Å². The standard InChI is InChI=1S/C14H21N/c1-8-6-9(2)11(10(3)7-8)12-13(15)14(12,4)5/h6-7,12-13H,15H2,1-5H3/t12-,13-/m0/s1. The van der Waals surface area contributed by atoms with Gasteiger partial charge in [0.25, 0.3) is 0 Å². The van der Waals surface area contributed by atoms with Crippen LogP contribution < -0.4 is 5.73 Å². The molecule has 2 atom stereocenters. The monoisotopic (exact) mass is 203 g/mol. The summed E-state index contributed by atoms with van der Waals surface area (Å²) in [5.41, 5.74) is 12.1. The van der Waals surface area contributed by atoms with Crippen molar-refractivity contribution in [2.45, 2.75) is 46.6 Å². The van der Waals surface area contributed by atoms with Crippen LogP contribution in [0.5, 0.6) is 0 Å². The first kappa shape index (κ1) is 10.7. The molecule has 15 heavy (non-hydrogen) atoms. The molecule has 2 N–H and O–H groups in total. The van der Waals surface area contributed by atoms with Crippen LogP contribution in [0.4, 0.5) is 0 Å². The Morgan fingerprint density at radius 2 is 1.47 bits per heavy atom. The van der Waals surface area contributed by atoms with Crippen molar-refractivity contribution in [2.75, 3.05) is 0 Å². The summed E-state index contributed by atoms with van der Waals surface area (Å²) < 4.78 is 0. The lowest BCUT2D eigenvalue weighted by Crippen LogP contribution is -2.06. The Morgan fingerprint density at radius 3 is 1.80 bits per heavy atom. The van der Waals surface area contributed by atoms with Gasteiger partial charge in [-0.1, -0.05) is 31.5 Å². The minimum absolute atomic E-state index is 0.283. The normalized spacial score (nSPS) is 27.9. The molecular formula is C14H21N. The van der Waals surface area contributed by atoms with Crippen LogP contribution in [0, 0.1) is 26.2 Å². The Morgan fingerprint density at radius 1 is 1.07 bits per heavy atom. The van der Waals surface area contributed by atoms with Crippen LogP contribution in [-0.2, 0) is 0 Å². The van der Waals surface area contributed by atoms with Crippen LogP contribution in [-0.4, -0.2) is 6.04 Å². The van der Waals surface area contributed by atoms with Gasteiger partial charge in [-0.3, -0.25) is 0 Å². The van der Waals surface area contributed by atoms with E-state index < -0.39 is 0 Å². The quantitative estimate of drug-likeness (QED) is 0.746. The number of nitrogens with two attached hydrogens (primary N) is 1. The number of rotatable bonds is 1. The third-order valence-corrected chi connectivity index (χ3v) is 3.96. The van der Waals surface area contributed by atoms with E-state index in [1.807, 2.05) is 0 Å². The topological polar surface area (TPSA) is 26.0 Å². The number of hydrogen-bond donors (Lipinski definition) is 1. The molecule has 1 aliphatic carbocycles. The molecule has 82 valence electrons. The van der Waals surface area contributed by atoms with Gasteiger partial charge < -0.3 is 5.73 Å². The Hall–Kier alpha value is -0.820. The molecule has 0 saturated heterocycles. The molecule has 0 bridgehead atoms. The van der Waals surface area contributed by atoms with Crippen molar-refractivity contribution in [3.63, 3.8) is 0 Å². The summed E-state index contributed by atoms with van der Waals surface area (Å²) in [6, 6.07) is 4.87. The molecule has 0 heterocycles. The molecule has 1 aliphatic rings. The van der Waals surface area contributed by atoms with Gasteiger partial charge in [0.1, 0.15) is 0 Å². The molecule has 0 amide bonds. The van der Waals surface area contributed by atoms with E-state index in [1.54, 1.807) is 0 Å². The molecule has 1 nitrogen and oxygen atoms in total. The summed E-state index contributed by atoms with van der Waals surface area (Å²) >= 11 is 0. The predicted molar refractivity (Wildman–Crippen MR) is 65.2 cm³/mol. The summed E-state index contributed by atoms with van der Waals surface area (Å²) in [7, 11) is 0. The highest BCUT2D eigenvalue weighted by Gasteiger charge is 2.56. The van der Waals surface area contributed by atoms with Gasteiger partial charge in [0.15, 0.2) is 0 Å². The minimum atomic E-state index is 0.283. The second kappa shape index (κ2) is 3.08. The maximum absolute atomic E-state index is 6.15. The second-order valence-corrected chi connectivity index (χ2v) is 5.64.